The molecule has 0 fully saturated rings. The van der Waals surface area contributed by atoms with Crippen LogP contribution >= 0.6 is 0 Å². The van der Waals surface area contributed by atoms with Gasteiger partial charge < -0.3 is 22.4 Å². The van der Waals surface area contributed by atoms with Crippen LogP contribution in [0.4, 0.5) is 12.9 Å². The summed E-state index contributed by atoms with van der Waals surface area (Å²) in [5, 5.41) is 0. The van der Waals surface area contributed by atoms with Gasteiger partial charge >= 0.3 is 58.4 Å². The van der Waals surface area contributed by atoms with Crippen molar-refractivity contribution in [2.45, 2.75) is 13.0 Å². The van der Waals surface area contributed by atoms with E-state index >= 15 is 0 Å². The van der Waals surface area contributed by atoms with Crippen molar-refractivity contribution in [1.29, 1.82) is 0 Å². The number of ether oxygens (including phenoxy) is 2. The number of halogens is 3. The minimum absolute atomic E-state index is 0. The molecule has 0 saturated heterocycles. The van der Waals surface area contributed by atoms with Crippen molar-refractivity contribution < 1.29 is 73.8 Å². The third-order valence-corrected chi connectivity index (χ3v) is 1.85. The summed E-state index contributed by atoms with van der Waals surface area (Å²) in [5.74, 6) is 0.0984. The van der Waals surface area contributed by atoms with Crippen molar-refractivity contribution in [3.8, 4) is 5.75 Å². The maximum Gasteiger partial charge on any atom is 1.00 e. The molecule has 0 aromatic carbocycles. The molecule has 0 aliphatic carbocycles. The third kappa shape index (κ3) is 6.21. The molecular formula is C9H12BF3KNO2. The summed E-state index contributed by atoms with van der Waals surface area (Å²) in [7, 11) is 1.49. The van der Waals surface area contributed by atoms with Crippen molar-refractivity contribution in [2.75, 3.05) is 13.7 Å². The molecule has 1 atom stereocenters. The van der Waals surface area contributed by atoms with E-state index in [9.17, 15) is 12.9 Å². The summed E-state index contributed by atoms with van der Waals surface area (Å²) in [6, 6.07) is 0.944. The molecule has 0 radical (unpaired) electrons. The molecule has 0 aliphatic rings. The average molecular weight is 273 g/mol. The number of nitrogens with zero attached hydrogens (tertiary/aromatic N) is 1. The zero-order valence-electron chi connectivity index (χ0n) is 9.99. The molecule has 0 amide bonds. The Kier molecular flexibility index (Phi) is 7.94. The average Bonchev–Trinajstić information content (AvgIpc) is 2.17. The monoisotopic (exact) mass is 273 g/mol. The van der Waals surface area contributed by atoms with E-state index in [0.717, 1.165) is 12.3 Å². The van der Waals surface area contributed by atoms with Crippen LogP contribution in [0.25, 0.3) is 0 Å². The number of rotatable bonds is 5. The van der Waals surface area contributed by atoms with Crippen molar-refractivity contribution in [1.82, 2.24) is 4.98 Å². The molecule has 17 heavy (non-hydrogen) atoms. The van der Waals surface area contributed by atoms with E-state index in [-0.39, 0.29) is 63.2 Å². The largest absolute Gasteiger partial charge is 1.00 e. The standard InChI is InChI=1S/C9H12BF3NO2.K/c1-7(6-15-2)16-9-3-8(4-14-5-9)10(11,12)13;/h3-5,7H,6H2,1-2H3;/q-1;+1. The Balaban J connectivity index is 0.00000256. The summed E-state index contributed by atoms with van der Waals surface area (Å²) in [6.45, 7) is -3.03. The van der Waals surface area contributed by atoms with Gasteiger partial charge in [0.2, 0.25) is 0 Å². The fourth-order valence-corrected chi connectivity index (χ4v) is 1.18. The van der Waals surface area contributed by atoms with E-state index in [1.54, 1.807) is 6.92 Å². The molecule has 0 N–H and O–H groups in total. The van der Waals surface area contributed by atoms with Gasteiger partial charge in [0.15, 0.2) is 0 Å². The Morgan fingerprint density at radius 1 is 1.35 bits per heavy atom. The molecule has 8 heteroatoms. The fraction of sp³-hybridized carbons (Fsp3) is 0.444. The maximum atomic E-state index is 12.4. The van der Waals surface area contributed by atoms with Crippen LogP contribution in [0.2, 0.25) is 0 Å². The van der Waals surface area contributed by atoms with Gasteiger partial charge in [0.25, 0.3) is 0 Å². The normalized spacial score (nSPS) is 12.8. The second kappa shape index (κ2) is 7.75. The SMILES string of the molecule is COCC(C)Oc1cncc([B-](F)(F)F)c1.[K+]. The first-order valence-electron chi connectivity index (χ1n) is 4.74. The van der Waals surface area contributed by atoms with Crippen molar-refractivity contribution in [3.05, 3.63) is 18.5 Å². The van der Waals surface area contributed by atoms with Gasteiger partial charge in [0.05, 0.1) is 12.8 Å². The number of methoxy groups -OCH3 is 1. The Hall–Kier alpha value is 0.401. The van der Waals surface area contributed by atoms with Crippen LogP contribution < -0.4 is 61.6 Å². The Bertz CT molecular complexity index is 351. The van der Waals surface area contributed by atoms with Crippen molar-refractivity contribution in [2.24, 2.45) is 0 Å². The molecule has 1 aromatic heterocycles. The van der Waals surface area contributed by atoms with E-state index in [4.69, 9.17) is 9.47 Å². The number of hydrogen-bond donors (Lipinski definition) is 0. The molecule has 1 heterocycles. The minimum atomic E-state index is -5.04. The third-order valence-electron chi connectivity index (χ3n) is 1.85. The maximum absolute atomic E-state index is 12.4. The predicted octanol–water partition coefficient (Wildman–Crippen LogP) is -1.45. The van der Waals surface area contributed by atoms with Crippen LogP contribution in [0.3, 0.4) is 0 Å². The van der Waals surface area contributed by atoms with E-state index in [2.05, 4.69) is 4.98 Å². The molecule has 1 unspecified atom stereocenters. The first-order chi connectivity index (χ1) is 7.43. The molecule has 1 aromatic rings. The van der Waals surface area contributed by atoms with Crippen molar-refractivity contribution >= 4 is 12.4 Å². The zero-order chi connectivity index (χ0) is 12.2. The van der Waals surface area contributed by atoms with E-state index in [1.807, 2.05) is 0 Å². The Labute approximate surface area is 141 Å². The van der Waals surface area contributed by atoms with Gasteiger partial charge in [-0.1, -0.05) is 5.46 Å². The van der Waals surface area contributed by atoms with Gasteiger partial charge in [-0.3, -0.25) is 4.98 Å². The first-order valence-corrected chi connectivity index (χ1v) is 4.74. The molecule has 0 spiro atoms. The van der Waals surface area contributed by atoms with Crippen LogP contribution in [-0.2, 0) is 4.74 Å². The van der Waals surface area contributed by atoms with Gasteiger partial charge in [-0.25, -0.2) is 0 Å². The molecule has 0 bridgehead atoms. The summed E-state index contributed by atoms with van der Waals surface area (Å²) in [6.07, 6.45) is 1.72. The van der Waals surface area contributed by atoms with Crippen LogP contribution in [0.15, 0.2) is 18.5 Å². The molecule has 90 valence electrons. The summed E-state index contributed by atoms with van der Waals surface area (Å²) in [4.78, 5) is 3.49. The second-order valence-electron chi connectivity index (χ2n) is 3.41. The van der Waals surface area contributed by atoms with Crippen LogP contribution in [-0.4, -0.2) is 31.8 Å². The molecule has 0 saturated carbocycles. The van der Waals surface area contributed by atoms with Gasteiger partial charge in [0.1, 0.15) is 11.9 Å². The molecule has 1 rings (SSSR count). The molecular weight excluding hydrogens is 261 g/mol. The van der Waals surface area contributed by atoms with Crippen LogP contribution in [0.1, 0.15) is 6.92 Å². The summed E-state index contributed by atoms with van der Waals surface area (Å²) in [5.41, 5.74) is -0.762. The van der Waals surface area contributed by atoms with Crippen molar-refractivity contribution in [3.63, 3.8) is 0 Å². The van der Waals surface area contributed by atoms with Gasteiger partial charge in [0, 0.05) is 13.3 Å². The Morgan fingerprint density at radius 2 is 2.00 bits per heavy atom. The fourth-order valence-electron chi connectivity index (χ4n) is 1.18. The smallest absolute Gasteiger partial charge is 0.487 e. The minimum Gasteiger partial charge on any atom is -0.487 e. The van der Waals surface area contributed by atoms with E-state index < -0.39 is 12.4 Å². The van der Waals surface area contributed by atoms with Crippen LogP contribution in [0.5, 0.6) is 5.75 Å². The van der Waals surface area contributed by atoms with E-state index in [0.29, 0.717) is 6.61 Å². The Morgan fingerprint density at radius 3 is 2.53 bits per heavy atom. The summed E-state index contributed by atoms with van der Waals surface area (Å²) >= 11 is 0. The van der Waals surface area contributed by atoms with Crippen LogP contribution in [0, 0.1) is 0 Å². The van der Waals surface area contributed by atoms with E-state index in [1.165, 1.54) is 13.3 Å². The quantitative estimate of drug-likeness (QED) is 0.615. The first kappa shape index (κ1) is 17.4. The van der Waals surface area contributed by atoms with Gasteiger partial charge in [-0.05, 0) is 13.0 Å². The second-order valence-corrected chi connectivity index (χ2v) is 3.41. The number of aromatic nitrogens is 1. The topological polar surface area (TPSA) is 31.4 Å². The zero-order valence-corrected chi connectivity index (χ0v) is 13.1. The summed E-state index contributed by atoms with van der Waals surface area (Å²) < 4.78 is 47.2. The number of hydrogen-bond acceptors (Lipinski definition) is 3. The predicted molar refractivity (Wildman–Crippen MR) is 54.9 cm³/mol. The molecule has 3 nitrogen and oxygen atoms in total. The number of pyridine rings is 1. The van der Waals surface area contributed by atoms with Gasteiger partial charge in [-0.15, -0.1) is 0 Å². The molecule has 0 aliphatic heterocycles. The van der Waals surface area contributed by atoms with Gasteiger partial charge in [-0.2, -0.15) is 0 Å².